The Balaban J connectivity index is 1.47. The number of thiophene rings is 1. The highest BCUT2D eigenvalue weighted by atomic mass is 32.1. The van der Waals surface area contributed by atoms with Gasteiger partial charge in [0.15, 0.2) is 5.60 Å². The molecule has 2 aromatic rings. The van der Waals surface area contributed by atoms with Crippen LogP contribution in [0.15, 0.2) is 41.4 Å². The molecule has 2 saturated heterocycles. The van der Waals surface area contributed by atoms with E-state index in [1.165, 1.54) is 0 Å². The largest absolute Gasteiger partial charge is 0.361 e. The Bertz CT molecular complexity index is 868. The SMILES string of the molecule is O=C(C1CC1)N1C[C@H](c2cccnc2)[C@@]2(C1)OCCN(Cc1ccsc1)C2=O. The molecule has 6 nitrogen and oxygen atoms in total. The Morgan fingerprint density at radius 3 is 2.96 bits per heavy atom. The predicted molar refractivity (Wildman–Crippen MR) is 105 cm³/mol. The van der Waals surface area contributed by atoms with Crippen LogP contribution in [0.1, 0.15) is 29.9 Å². The van der Waals surface area contributed by atoms with Gasteiger partial charge >= 0.3 is 0 Å². The van der Waals surface area contributed by atoms with Gasteiger partial charge in [-0.15, -0.1) is 0 Å². The maximum atomic E-state index is 13.7. The molecule has 7 heteroatoms. The molecule has 0 unspecified atom stereocenters. The van der Waals surface area contributed by atoms with Crippen LogP contribution >= 0.6 is 11.3 Å². The van der Waals surface area contributed by atoms with Crippen molar-refractivity contribution in [1.82, 2.24) is 14.8 Å². The molecule has 1 saturated carbocycles. The lowest BCUT2D eigenvalue weighted by molar-refractivity contribution is -0.173. The van der Waals surface area contributed by atoms with Crippen LogP contribution in [-0.4, -0.2) is 58.4 Å². The summed E-state index contributed by atoms with van der Waals surface area (Å²) >= 11 is 1.63. The Morgan fingerprint density at radius 1 is 1.36 bits per heavy atom. The molecule has 2 amide bonds. The standard InChI is InChI=1S/C21H23N3O3S/c25-19(16-3-4-16)24-12-18(17-2-1-6-22-10-17)21(14-24)20(26)23(7-8-27-21)11-15-5-9-28-13-15/h1-2,5-6,9-10,13,16,18H,3-4,7-8,11-12,14H2/t18-,21-/m1/s1. The average Bonchev–Trinajstić information content (AvgIpc) is 3.31. The van der Waals surface area contributed by atoms with Crippen molar-refractivity contribution in [3.05, 3.63) is 52.5 Å². The number of ether oxygens (including phenoxy) is 1. The van der Waals surface area contributed by atoms with Gasteiger partial charge in [-0.1, -0.05) is 6.07 Å². The maximum Gasteiger partial charge on any atom is 0.257 e. The zero-order valence-electron chi connectivity index (χ0n) is 15.6. The zero-order chi connectivity index (χ0) is 19.1. The second-order valence-electron chi connectivity index (χ2n) is 7.93. The van der Waals surface area contributed by atoms with Gasteiger partial charge in [0.05, 0.1) is 13.2 Å². The average molecular weight is 398 g/mol. The lowest BCUT2D eigenvalue weighted by Gasteiger charge is -2.42. The third-order valence-electron chi connectivity index (χ3n) is 6.04. The van der Waals surface area contributed by atoms with E-state index in [9.17, 15) is 9.59 Å². The molecule has 0 radical (unpaired) electrons. The third-order valence-corrected chi connectivity index (χ3v) is 6.77. The van der Waals surface area contributed by atoms with Crippen LogP contribution in [-0.2, 0) is 20.9 Å². The van der Waals surface area contributed by atoms with Gasteiger partial charge in [-0.05, 0) is 46.9 Å². The molecular weight excluding hydrogens is 374 g/mol. The normalized spacial score (nSPS) is 27.6. The molecule has 2 aromatic heterocycles. The number of aromatic nitrogens is 1. The molecule has 0 bridgehead atoms. The van der Waals surface area contributed by atoms with E-state index in [-0.39, 0.29) is 23.7 Å². The summed E-state index contributed by atoms with van der Waals surface area (Å²) in [6, 6.07) is 5.92. The zero-order valence-corrected chi connectivity index (χ0v) is 16.4. The number of hydrogen-bond acceptors (Lipinski definition) is 5. The fraction of sp³-hybridized carbons (Fsp3) is 0.476. The number of pyridine rings is 1. The summed E-state index contributed by atoms with van der Waals surface area (Å²) in [5, 5.41) is 4.10. The second kappa shape index (κ2) is 6.97. The minimum absolute atomic E-state index is 0.00935. The van der Waals surface area contributed by atoms with Gasteiger partial charge in [0, 0.05) is 43.9 Å². The lowest BCUT2D eigenvalue weighted by Crippen LogP contribution is -2.60. The number of carbonyl (C=O) groups excluding carboxylic acids is 2. The topological polar surface area (TPSA) is 62.7 Å². The minimum Gasteiger partial charge on any atom is -0.361 e. The fourth-order valence-corrected chi connectivity index (χ4v) is 5.08. The van der Waals surface area contributed by atoms with Crippen molar-refractivity contribution in [3.8, 4) is 0 Å². The maximum absolute atomic E-state index is 13.7. The molecule has 5 rings (SSSR count). The number of hydrogen-bond donors (Lipinski definition) is 0. The van der Waals surface area contributed by atoms with Crippen LogP contribution in [0.3, 0.4) is 0 Å². The molecule has 3 aliphatic rings. The van der Waals surface area contributed by atoms with E-state index in [1.54, 1.807) is 23.7 Å². The molecular formula is C21H23N3O3S. The Labute approximate surface area is 168 Å². The van der Waals surface area contributed by atoms with Crippen LogP contribution in [0.4, 0.5) is 0 Å². The molecule has 0 aromatic carbocycles. The van der Waals surface area contributed by atoms with Gasteiger partial charge in [-0.2, -0.15) is 11.3 Å². The first-order valence-electron chi connectivity index (χ1n) is 9.80. The monoisotopic (exact) mass is 397 g/mol. The summed E-state index contributed by atoms with van der Waals surface area (Å²) in [4.78, 5) is 34.4. The molecule has 146 valence electrons. The summed E-state index contributed by atoms with van der Waals surface area (Å²) in [6.07, 6.45) is 5.44. The van der Waals surface area contributed by atoms with Crippen LogP contribution in [0.2, 0.25) is 0 Å². The van der Waals surface area contributed by atoms with Gasteiger partial charge in [-0.3, -0.25) is 14.6 Å². The van der Waals surface area contributed by atoms with Crippen molar-refractivity contribution >= 4 is 23.2 Å². The van der Waals surface area contributed by atoms with E-state index in [1.807, 2.05) is 27.3 Å². The highest BCUT2D eigenvalue weighted by Crippen LogP contribution is 2.44. The van der Waals surface area contributed by atoms with Crippen LogP contribution in [0.25, 0.3) is 0 Å². The number of amides is 2. The van der Waals surface area contributed by atoms with Crippen LogP contribution in [0, 0.1) is 5.92 Å². The first-order chi connectivity index (χ1) is 13.7. The van der Waals surface area contributed by atoms with Crippen molar-refractivity contribution in [2.24, 2.45) is 5.92 Å². The van der Waals surface area contributed by atoms with Gasteiger partial charge in [-0.25, -0.2) is 0 Å². The van der Waals surface area contributed by atoms with Crippen molar-refractivity contribution in [2.75, 3.05) is 26.2 Å². The van der Waals surface area contributed by atoms with E-state index in [0.29, 0.717) is 32.8 Å². The lowest BCUT2D eigenvalue weighted by atomic mass is 9.83. The summed E-state index contributed by atoms with van der Waals surface area (Å²) in [5.74, 6) is 0.0917. The van der Waals surface area contributed by atoms with Gasteiger partial charge in [0.2, 0.25) is 5.91 Å². The fourth-order valence-electron chi connectivity index (χ4n) is 4.42. The summed E-state index contributed by atoms with van der Waals surface area (Å²) in [7, 11) is 0. The third kappa shape index (κ3) is 3.02. The van der Waals surface area contributed by atoms with Crippen molar-refractivity contribution in [3.63, 3.8) is 0 Å². The quantitative estimate of drug-likeness (QED) is 0.794. The summed E-state index contributed by atoms with van der Waals surface area (Å²) < 4.78 is 6.23. The molecule has 28 heavy (non-hydrogen) atoms. The molecule has 0 N–H and O–H groups in total. The van der Waals surface area contributed by atoms with Crippen molar-refractivity contribution in [1.29, 1.82) is 0 Å². The molecule has 3 fully saturated rings. The Morgan fingerprint density at radius 2 is 2.25 bits per heavy atom. The Hall–Kier alpha value is -2.25. The molecule has 1 spiro atoms. The van der Waals surface area contributed by atoms with E-state index in [2.05, 4.69) is 16.4 Å². The summed E-state index contributed by atoms with van der Waals surface area (Å²) in [6.45, 7) is 2.49. The van der Waals surface area contributed by atoms with Crippen molar-refractivity contribution < 1.29 is 14.3 Å². The van der Waals surface area contributed by atoms with Crippen LogP contribution in [0.5, 0.6) is 0 Å². The van der Waals surface area contributed by atoms with E-state index in [4.69, 9.17) is 4.74 Å². The van der Waals surface area contributed by atoms with E-state index < -0.39 is 5.60 Å². The molecule has 2 aliphatic heterocycles. The van der Waals surface area contributed by atoms with E-state index >= 15 is 0 Å². The predicted octanol–water partition coefficient (Wildman–Crippen LogP) is 2.28. The number of morpholine rings is 1. The molecule has 2 atom stereocenters. The highest BCUT2D eigenvalue weighted by molar-refractivity contribution is 7.07. The van der Waals surface area contributed by atoms with Gasteiger partial charge in [0.25, 0.3) is 5.91 Å². The number of nitrogens with zero attached hydrogens (tertiary/aromatic N) is 3. The highest BCUT2D eigenvalue weighted by Gasteiger charge is 2.58. The molecule has 1 aliphatic carbocycles. The molecule has 4 heterocycles. The number of rotatable bonds is 4. The second-order valence-corrected chi connectivity index (χ2v) is 8.71. The number of likely N-dealkylation sites (tertiary alicyclic amines) is 1. The first-order valence-corrected chi connectivity index (χ1v) is 10.7. The minimum atomic E-state index is -1.01. The summed E-state index contributed by atoms with van der Waals surface area (Å²) in [5.41, 5.74) is 1.08. The number of carbonyl (C=O) groups is 2. The van der Waals surface area contributed by atoms with E-state index in [0.717, 1.165) is 24.0 Å². The van der Waals surface area contributed by atoms with Crippen LogP contribution < -0.4 is 0 Å². The first kappa shape index (κ1) is 17.8. The Kier molecular flexibility index (Phi) is 4.44. The van der Waals surface area contributed by atoms with Crippen molar-refractivity contribution in [2.45, 2.75) is 30.9 Å². The van der Waals surface area contributed by atoms with Gasteiger partial charge in [0.1, 0.15) is 0 Å². The van der Waals surface area contributed by atoms with Gasteiger partial charge < -0.3 is 14.5 Å². The smallest absolute Gasteiger partial charge is 0.257 e.